The predicted molar refractivity (Wildman–Crippen MR) is 108 cm³/mol. The van der Waals surface area contributed by atoms with Gasteiger partial charge in [-0.05, 0) is 60.7 Å². The quantitative estimate of drug-likeness (QED) is 0.502. The average molecular weight is 429 g/mol. The highest BCUT2D eigenvalue weighted by Crippen LogP contribution is 2.41. The summed E-state index contributed by atoms with van der Waals surface area (Å²) in [6.45, 7) is 3.92. The van der Waals surface area contributed by atoms with Crippen molar-refractivity contribution in [3.63, 3.8) is 0 Å². The molecule has 0 atom stereocenters. The lowest BCUT2D eigenvalue weighted by atomic mass is 9.94. The Morgan fingerprint density at radius 1 is 1.35 bits per heavy atom. The fraction of sp³-hybridized carbons (Fsp3) is 0.300. The molecule has 0 aliphatic heterocycles. The number of hydrogen-bond donors (Lipinski definition) is 1. The molecule has 0 amide bonds. The van der Waals surface area contributed by atoms with Gasteiger partial charge in [0.2, 0.25) is 0 Å². The van der Waals surface area contributed by atoms with Crippen LogP contribution in [0, 0.1) is 25.2 Å². The average Bonchev–Trinajstić information content (AvgIpc) is 3.12. The van der Waals surface area contributed by atoms with E-state index >= 15 is 0 Å². The Hall–Kier alpha value is -2.10. The second-order valence-electron chi connectivity index (χ2n) is 6.54. The highest BCUT2D eigenvalue weighted by atomic mass is 79.9. The number of nitrogens with zero attached hydrogens (tertiary/aromatic N) is 2. The lowest BCUT2D eigenvalue weighted by molar-refractivity contribution is 0.471. The minimum absolute atomic E-state index is 0.152. The lowest BCUT2D eigenvalue weighted by Gasteiger charge is -2.10. The Morgan fingerprint density at radius 3 is 2.88 bits per heavy atom. The zero-order valence-corrected chi connectivity index (χ0v) is 16.9. The molecular formula is C20H17BrN2O2S. The van der Waals surface area contributed by atoms with Gasteiger partial charge in [0.05, 0.1) is 10.0 Å². The van der Waals surface area contributed by atoms with Crippen molar-refractivity contribution in [2.45, 2.75) is 39.5 Å². The Morgan fingerprint density at radius 2 is 2.12 bits per heavy atom. The van der Waals surface area contributed by atoms with E-state index < -0.39 is 0 Å². The molecule has 1 N–H and O–H groups in total. The van der Waals surface area contributed by atoms with Gasteiger partial charge in [0.25, 0.3) is 0 Å². The molecule has 6 heteroatoms. The van der Waals surface area contributed by atoms with E-state index in [2.05, 4.69) is 27.0 Å². The van der Waals surface area contributed by atoms with Gasteiger partial charge in [-0.25, -0.2) is 4.99 Å². The number of aliphatic imine (C=N–C) groups is 1. The molecule has 1 aliphatic rings. The third-order valence-electron chi connectivity index (χ3n) is 5.00. The summed E-state index contributed by atoms with van der Waals surface area (Å²) in [5.41, 5.74) is 4.16. The van der Waals surface area contributed by atoms with Gasteiger partial charge in [0, 0.05) is 34.0 Å². The summed E-state index contributed by atoms with van der Waals surface area (Å²) < 4.78 is 6.61. The third-order valence-corrected chi connectivity index (χ3v) is 6.72. The number of aromatic hydroxyl groups is 1. The number of thiophene rings is 1. The van der Waals surface area contributed by atoms with Crippen LogP contribution in [0.4, 0.5) is 5.00 Å². The highest BCUT2D eigenvalue weighted by molar-refractivity contribution is 9.10. The lowest BCUT2D eigenvalue weighted by Crippen LogP contribution is -1.99. The maximum Gasteiger partial charge on any atom is 0.139 e. The fourth-order valence-corrected chi connectivity index (χ4v) is 4.87. The molecule has 3 aromatic rings. The number of nitriles is 1. The summed E-state index contributed by atoms with van der Waals surface area (Å²) in [6.07, 6.45) is 5.80. The number of phenols is 1. The molecule has 0 bridgehead atoms. The monoisotopic (exact) mass is 428 g/mol. The van der Waals surface area contributed by atoms with Crippen LogP contribution in [0.5, 0.6) is 5.75 Å². The van der Waals surface area contributed by atoms with Crippen LogP contribution in [0.1, 0.15) is 45.7 Å². The number of hydrogen-bond acceptors (Lipinski definition) is 5. The molecule has 2 heterocycles. The minimum atomic E-state index is 0.152. The van der Waals surface area contributed by atoms with Crippen LogP contribution in [0.3, 0.4) is 0 Å². The fourth-order valence-electron chi connectivity index (χ4n) is 3.50. The molecular weight excluding hydrogens is 412 g/mol. The van der Waals surface area contributed by atoms with Crippen LogP contribution in [-0.2, 0) is 12.8 Å². The SMILES string of the molecule is Cc1sc(N=Cc2c(O)c(Br)cc3oc4c(c23)CCCC4)c(C#N)c1C. The van der Waals surface area contributed by atoms with Crippen molar-refractivity contribution >= 4 is 49.5 Å². The first-order valence-electron chi connectivity index (χ1n) is 8.51. The van der Waals surface area contributed by atoms with Crippen LogP contribution < -0.4 is 0 Å². The van der Waals surface area contributed by atoms with E-state index in [1.54, 1.807) is 6.21 Å². The van der Waals surface area contributed by atoms with Crippen molar-refractivity contribution in [2.75, 3.05) is 0 Å². The number of rotatable bonds is 2. The Bertz CT molecular complexity index is 1100. The van der Waals surface area contributed by atoms with Gasteiger partial charge >= 0.3 is 0 Å². The molecule has 4 rings (SSSR count). The maximum atomic E-state index is 10.6. The molecule has 0 spiro atoms. The van der Waals surface area contributed by atoms with E-state index in [0.717, 1.165) is 52.9 Å². The predicted octanol–water partition coefficient (Wildman–Crippen LogP) is 6.08. The van der Waals surface area contributed by atoms with Crippen molar-refractivity contribution in [3.8, 4) is 11.8 Å². The summed E-state index contributed by atoms with van der Waals surface area (Å²) in [4.78, 5) is 5.64. The molecule has 1 aliphatic carbocycles. The maximum absolute atomic E-state index is 10.6. The first-order valence-corrected chi connectivity index (χ1v) is 10.1. The van der Waals surface area contributed by atoms with Crippen molar-refractivity contribution in [2.24, 2.45) is 4.99 Å². The van der Waals surface area contributed by atoms with E-state index in [9.17, 15) is 10.4 Å². The molecule has 0 saturated heterocycles. The molecule has 0 saturated carbocycles. The van der Waals surface area contributed by atoms with E-state index in [4.69, 9.17) is 4.42 Å². The topological polar surface area (TPSA) is 69.5 Å². The van der Waals surface area contributed by atoms with Gasteiger partial charge in [-0.15, -0.1) is 11.3 Å². The highest BCUT2D eigenvalue weighted by Gasteiger charge is 2.23. The first-order chi connectivity index (χ1) is 12.5. The second-order valence-corrected chi connectivity index (χ2v) is 8.60. The molecule has 2 aromatic heterocycles. The van der Waals surface area contributed by atoms with Gasteiger partial charge in [-0.1, -0.05) is 0 Å². The molecule has 1 aromatic carbocycles. The zero-order chi connectivity index (χ0) is 18.4. The number of furan rings is 1. The number of fused-ring (bicyclic) bond motifs is 3. The molecule has 0 unspecified atom stereocenters. The Labute approximate surface area is 163 Å². The molecule has 4 nitrogen and oxygen atoms in total. The van der Waals surface area contributed by atoms with Crippen molar-refractivity contribution in [3.05, 3.63) is 43.4 Å². The van der Waals surface area contributed by atoms with Crippen molar-refractivity contribution in [1.82, 2.24) is 0 Å². The summed E-state index contributed by atoms with van der Waals surface area (Å²) in [7, 11) is 0. The standard InChI is InChI=1S/C20H17BrN2O2S/c1-10-11(2)26-20(13(10)8-22)23-9-14-18-12-5-3-4-6-16(12)25-17(18)7-15(21)19(14)24/h7,9,24H,3-6H2,1-2H3. The van der Waals surface area contributed by atoms with Crippen molar-refractivity contribution < 1.29 is 9.52 Å². The summed E-state index contributed by atoms with van der Waals surface area (Å²) in [6, 6.07) is 4.06. The van der Waals surface area contributed by atoms with Crippen LogP contribution in [0.25, 0.3) is 11.0 Å². The van der Waals surface area contributed by atoms with Gasteiger partial charge in [0.15, 0.2) is 0 Å². The largest absolute Gasteiger partial charge is 0.506 e. The minimum Gasteiger partial charge on any atom is -0.506 e. The van der Waals surface area contributed by atoms with E-state index in [0.29, 0.717) is 20.6 Å². The van der Waals surface area contributed by atoms with E-state index in [1.807, 2.05) is 19.9 Å². The van der Waals surface area contributed by atoms with Crippen LogP contribution in [0.15, 0.2) is 19.9 Å². The number of halogens is 1. The number of phenolic OH excluding ortho intramolecular Hbond substituents is 1. The van der Waals surface area contributed by atoms with E-state index in [-0.39, 0.29) is 5.75 Å². The number of benzene rings is 1. The van der Waals surface area contributed by atoms with Crippen molar-refractivity contribution in [1.29, 1.82) is 5.26 Å². The normalized spacial score (nSPS) is 14.1. The van der Waals surface area contributed by atoms with Gasteiger partial charge in [0.1, 0.15) is 28.2 Å². The Balaban J connectivity index is 1.91. The summed E-state index contributed by atoms with van der Waals surface area (Å²) in [5, 5.41) is 21.7. The first kappa shape index (κ1) is 17.3. The van der Waals surface area contributed by atoms with E-state index in [1.165, 1.54) is 16.9 Å². The van der Waals surface area contributed by atoms with Gasteiger partial charge in [-0.2, -0.15) is 5.26 Å². The van der Waals surface area contributed by atoms with Crippen LogP contribution >= 0.6 is 27.3 Å². The molecule has 132 valence electrons. The smallest absolute Gasteiger partial charge is 0.139 e. The Kier molecular flexibility index (Phi) is 4.37. The van der Waals surface area contributed by atoms with Crippen LogP contribution in [0.2, 0.25) is 0 Å². The molecule has 0 radical (unpaired) electrons. The molecule has 0 fully saturated rings. The number of aryl methyl sites for hydroxylation is 3. The van der Waals surface area contributed by atoms with Gasteiger partial charge < -0.3 is 9.52 Å². The summed E-state index contributed by atoms with van der Waals surface area (Å²) in [5.74, 6) is 1.16. The van der Waals surface area contributed by atoms with Gasteiger partial charge in [-0.3, -0.25) is 0 Å². The summed E-state index contributed by atoms with van der Waals surface area (Å²) >= 11 is 4.90. The second kappa shape index (κ2) is 6.57. The zero-order valence-electron chi connectivity index (χ0n) is 14.5. The van der Waals surface area contributed by atoms with Crippen LogP contribution in [-0.4, -0.2) is 11.3 Å². The molecule has 26 heavy (non-hydrogen) atoms. The third kappa shape index (κ3) is 2.67.